The summed E-state index contributed by atoms with van der Waals surface area (Å²) < 4.78 is 60.6. The molecule has 186 valence electrons. The second-order valence-electron chi connectivity index (χ2n) is 8.12. The molecule has 10 heteroatoms. The number of benzene rings is 2. The summed E-state index contributed by atoms with van der Waals surface area (Å²) in [5, 5.41) is 7.07. The first-order valence-electron chi connectivity index (χ1n) is 11.0. The normalized spacial score (nSPS) is 11.4. The van der Waals surface area contributed by atoms with E-state index in [2.05, 4.69) is 15.4 Å². The number of halogens is 4. The Morgan fingerprint density at radius 3 is 2.58 bits per heavy atom. The van der Waals surface area contributed by atoms with Gasteiger partial charge in [0.15, 0.2) is 11.6 Å². The van der Waals surface area contributed by atoms with Crippen LogP contribution in [0.1, 0.15) is 28.1 Å². The molecular weight excluding hydrogens is 476 g/mol. The molecule has 0 fully saturated rings. The molecule has 0 radical (unpaired) electrons. The summed E-state index contributed by atoms with van der Waals surface area (Å²) in [5.41, 5.74) is 1.70. The molecule has 36 heavy (non-hydrogen) atoms. The molecule has 0 saturated heterocycles. The van der Waals surface area contributed by atoms with Crippen molar-refractivity contribution in [2.45, 2.75) is 33.0 Å². The predicted molar refractivity (Wildman–Crippen MR) is 124 cm³/mol. The van der Waals surface area contributed by atoms with Gasteiger partial charge in [0.05, 0.1) is 29.6 Å². The fourth-order valence-corrected chi connectivity index (χ4v) is 3.69. The van der Waals surface area contributed by atoms with Gasteiger partial charge in [-0.15, -0.1) is 0 Å². The van der Waals surface area contributed by atoms with Gasteiger partial charge in [-0.2, -0.15) is 18.3 Å². The molecule has 2 aromatic carbocycles. The number of nitrogens with one attached hydrogen (secondary N) is 1. The van der Waals surface area contributed by atoms with Crippen LogP contribution < -0.4 is 10.1 Å². The van der Waals surface area contributed by atoms with Gasteiger partial charge in [0.1, 0.15) is 5.75 Å². The molecule has 0 aliphatic rings. The van der Waals surface area contributed by atoms with Crippen LogP contribution in [0.5, 0.6) is 11.5 Å². The number of amides is 1. The summed E-state index contributed by atoms with van der Waals surface area (Å²) in [5.74, 6) is -0.485. The largest absolute Gasteiger partial charge is 0.453 e. The van der Waals surface area contributed by atoms with Gasteiger partial charge in [0.2, 0.25) is 5.91 Å². The van der Waals surface area contributed by atoms with Gasteiger partial charge < -0.3 is 10.1 Å². The summed E-state index contributed by atoms with van der Waals surface area (Å²) in [6, 6.07) is 12.5. The number of alkyl halides is 3. The lowest BCUT2D eigenvalue weighted by Gasteiger charge is -2.11. The van der Waals surface area contributed by atoms with Crippen LogP contribution in [0.4, 0.5) is 17.6 Å². The van der Waals surface area contributed by atoms with Gasteiger partial charge in [0.25, 0.3) is 0 Å². The van der Waals surface area contributed by atoms with E-state index in [1.165, 1.54) is 35.1 Å². The fraction of sp³-hybridized carbons (Fsp3) is 0.192. The molecule has 0 aliphatic carbocycles. The minimum absolute atomic E-state index is 0.0265. The Morgan fingerprint density at radius 1 is 1.08 bits per heavy atom. The van der Waals surface area contributed by atoms with Gasteiger partial charge in [-0.25, -0.2) is 9.07 Å². The van der Waals surface area contributed by atoms with Gasteiger partial charge in [-0.1, -0.05) is 12.1 Å². The van der Waals surface area contributed by atoms with Crippen molar-refractivity contribution in [1.82, 2.24) is 20.1 Å². The number of ether oxygens (including phenoxy) is 1. The number of pyridine rings is 1. The molecule has 0 aliphatic heterocycles. The first-order chi connectivity index (χ1) is 17.1. The highest BCUT2D eigenvalue weighted by Gasteiger charge is 2.30. The molecule has 1 N–H and O–H groups in total. The van der Waals surface area contributed by atoms with Crippen LogP contribution in [0.3, 0.4) is 0 Å². The Morgan fingerprint density at radius 2 is 1.89 bits per heavy atom. The third-order valence-corrected chi connectivity index (χ3v) is 5.54. The van der Waals surface area contributed by atoms with Crippen molar-refractivity contribution in [3.05, 3.63) is 101 Å². The molecule has 1 amide bonds. The number of hydrogen-bond acceptors (Lipinski definition) is 4. The van der Waals surface area contributed by atoms with Gasteiger partial charge in [-0.3, -0.25) is 9.78 Å². The molecule has 4 rings (SSSR count). The molecular formula is C26H22F4N4O2. The molecule has 2 heterocycles. The Bertz CT molecular complexity index is 1380. The van der Waals surface area contributed by atoms with E-state index in [4.69, 9.17) is 4.74 Å². The molecule has 0 saturated carbocycles. The van der Waals surface area contributed by atoms with Crippen molar-refractivity contribution in [2.24, 2.45) is 0 Å². The minimum Gasteiger partial charge on any atom is -0.453 e. The molecule has 6 nitrogen and oxygen atoms in total. The number of aryl methyl sites for hydroxylation is 1. The van der Waals surface area contributed by atoms with Crippen LogP contribution in [-0.2, 0) is 23.9 Å². The first kappa shape index (κ1) is 24.9. The summed E-state index contributed by atoms with van der Waals surface area (Å²) >= 11 is 0. The van der Waals surface area contributed by atoms with E-state index in [0.717, 1.165) is 12.1 Å². The predicted octanol–water partition coefficient (Wildman–Crippen LogP) is 5.69. The third-order valence-electron chi connectivity index (χ3n) is 5.54. The molecule has 0 bridgehead atoms. The summed E-state index contributed by atoms with van der Waals surface area (Å²) in [7, 11) is 0. The van der Waals surface area contributed by atoms with Crippen LogP contribution in [-0.4, -0.2) is 20.7 Å². The van der Waals surface area contributed by atoms with Crippen LogP contribution in [0, 0.1) is 19.7 Å². The zero-order valence-corrected chi connectivity index (χ0v) is 19.4. The number of nitrogens with zero attached hydrogens (tertiary/aromatic N) is 3. The van der Waals surface area contributed by atoms with Gasteiger partial charge in [0, 0.05) is 24.0 Å². The summed E-state index contributed by atoms with van der Waals surface area (Å²) in [6.45, 7) is 3.47. The maximum atomic E-state index is 14.4. The third kappa shape index (κ3) is 5.70. The molecule has 0 atom stereocenters. The van der Waals surface area contributed by atoms with E-state index in [1.807, 2.05) is 0 Å². The Balaban J connectivity index is 1.41. The van der Waals surface area contributed by atoms with Crippen molar-refractivity contribution in [3.8, 4) is 17.2 Å². The van der Waals surface area contributed by atoms with E-state index >= 15 is 0 Å². The van der Waals surface area contributed by atoms with Crippen molar-refractivity contribution in [3.63, 3.8) is 0 Å². The molecule has 2 aromatic heterocycles. The molecule has 0 spiro atoms. The van der Waals surface area contributed by atoms with Gasteiger partial charge in [-0.05, 0) is 61.9 Å². The lowest BCUT2D eigenvalue weighted by Crippen LogP contribution is -2.25. The fourth-order valence-electron chi connectivity index (χ4n) is 3.69. The van der Waals surface area contributed by atoms with Crippen molar-refractivity contribution in [2.75, 3.05) is 0 Å². The van der Waals surface area contributed by atoms with Crippen molar-refractivity contribution in [1.29, 1.82) is 0 Å². The number of carbonyl (C=O) groups is 1. The SMILES string of the molecule is Cc1nn(-c2cccc(C(F)(F)F)c2)c(C)c1CC(=O)NCc1ccc(Oc2cccnc2)c(F)c1. The molecule has 0 unspecified atom stereocenters. The quantitative estimate of drug-likeness (QED) is 0.332. The van der Waals surface area contributed by atoms with Crippen molar-refractivity contribution < 1.29 is 27.1 Å². The zero-order chi connectivity index (χ0) is 25.9. The maximum absolute atomic E-state index is 14.4. The number of hydrogen-bond donors (Lipinski definition) is 1. The summed E-state index contributed by atoms with van der Waals surface area (Å²) in [6.07, 6.45) is -1.46. The minimum atomic E-state index is -4.47. The highest BCUT2D eigenvalue weighted by atomic mass is 19.4. The lowest BCUT2D eigenvalue weighted by atomic mass is 10.1. The first-order valence-corrected chi connectivity index (χ1v) is 11.0. The second-order valence-corrected chi connectivity index (χ2v) is 8.12. The van der Waals surface area contributed by atoms with Crippen LogP contribution in [0.25, 0.3) is 5.69 Å². The van der Waals surface area contributed by atoms with Crippen LogP contribution in [0.15, 0.2) is 67.0 Å². The average molecular weight is 498 g/mol. The topological polar surface area (TPSA) is 69.0 Å². The zero-order valence-electron chi connectivity index (χ0n) is 19.4. The average Bonchev–Trinajstić information content (AvgIpc) is 3.13. The Hall–Kier alpha value is -4.21. The van der Waals surface area contributed by atoms with Crippen LogP contribution in [0.2, 0.25) is 0 Å². The number of rotatable bonds is 7. The molecule has 4 aromatic rings. The van der Waals surface area contributed by atoms with E-state index in [0.29, 0.717) is 28.3 Å². The van der Waals surface area contributed by atoms with Gasteiger partial charge >= 0.3 is 6.18 Å². The van der Waals surface area contributed by atoms with E-state index < -0.39 is 17.6 Å². The highest BCUT2D eigenvalue weighted by molar-refractivity contribution is 5.79. The van der Waals surface area contributed by atoms with Crippen LogP contribution >= 0.6 is 0 Å². The van der Waals surface area contributed by atoms with E-state index in [-0.39, 0.29) is 30.3 Å². The maximum Gasteiger partial charge on any atom is 0.416 e. The standard InChI is InChI=1S/C26H22F4N4O2/c1-16-22(17(2)34(33-16)20-6-3-5-19(12-20)26(28,29)30)13-25(35)32-14-18-8-9-24(23(27)11-18)36-21-7-4-10-31-15-21/h3-12,15H,13-14H2,1-2H3,(H,32,35). The Kier molecular flexibility index (Phi) is 7.05. The lowest BCUT2D eigenvalue weighted by molar-refractivity contribution is -0.137. The highest BCUT2D eigenvalue weighted by Crippen LogP contribution is 2.31. The smallest absolute Gasteiger partial charge is 0.416 e. The van der Waals surface area contributed by atoms with E-state index in [9.17, 15) is 22.4 Å². The Labute approximate surface area is 204 Å². The number of carbonyl (C=O) groups excluding carboxylic acids is 1. The van der Waals surface area contributed by atoms with E-state index in [1.54, 1.807) is 38.2 Å². The number of aromatic nitrogens is 3. The second kappa shape index (κ2) is 10.2. The summed E-state index contributed by atoms with van der Waals surface area (Å²) in [4.78, 5) is 16.5. The monoisotopic (exact) mass is 498 g/mol. The van der Waals surface area contributed by atoms with Crippen molar-refractivity contribution >= 4 is 5.91 Å².